The minimum atomic E-state index is -0.0916. The van der Waals surface area contributed by atoms with Gasteiger partial charge in [-0.2, -0.15) is 5.10 Å². The van der Waals surface area contributed by atoms with Gasteiger partial charge in [0.15, 0.2) is 0 Å². The SMILES string of the molecule is Cc1cc(C(=O)NC2CC2N)n(C)n1. The number of nitrogens with two attached hydrogens (primary N) is 1. The summed E-state index contributed by atoms with van der Waals surface area (Å²) in [5.74, 6) is -0.0916. The first-order valence-electron chi connectivity index (χ1n) is 4.65. The molecule has 3 N–H and O–H groups in total. The first-order valence-corrected chi connectivity index (χ1v) is 4.65. The van der Waals surface area contributed by atoms with Gasteiger partial charge in [0.1, 0.15) is 5.69 Å². The molecule has 1 fully saturated rings. The third-order valence-corrected chi connectivity index (χ3v) is 2.39. The van der Waals surface area contributed by atoms with E-state index in [0.29, 0.717) is 5.69 Å². The highest BCUT2D eigenvalue weighted by atomic mass is 16.2. The predicted molar refractivity (Wildman–Crippen MR) is 51.8 cm³/mol. The van der Waals surface area contributed by atoms with E-state index in [2.05, 4.69) is 10.4 Å². The summed E-state index contributed by atoms with van der Waals surface area (Å²) < 4.78 is 1.58. The molecular formula is C9H14N4O. The molecule has 0 aromatic carbocycles. The van der Waals surface area contributed by atoms with E-state index in [1.807, 2.05) is 6.92 Å². The molecule has 0 radical (unpaired) electrons. The van der Waals surface area contributed by atoms with Crippen LogP contribution in [0.2, 0.25) is 0 Å². The molecule has 1 aromatic heterocycles. The molecule has 1 aromatic rings. The van der Waals surface area contributed by atoms with E-state index >= 15 is 0 Å². The molecule has 5 nitrogen and oxygen atoms in total. The van der Waals surface area contributed by atoms with Crippen LogP contribution in [0, 0.1) is 6.92 Å². The van der Waals surface area contributed by atoms with Crippen molar-refractivity contribution >= 4 is 5.91 Å². The van der Waals surface area contributed by atoms with Crippen molar-refractivity contribution in [1.82, 2.24) is 15.1 Å². The van der Waals surface area contributed by atoms with Crippen LogP contribution in [-0.4, -0.2) is 27.8 Å². The minimum absolute atomic E-state index is 0.0916. The molecule has 0 saturated heterocycles. The van der Waals surface area contributed by atoms with Crippen molar-refractivity contribution < 1.29 is 4.79 Å². The summed E-state index contributed by atoms with van der Waals surface area (Å²) >= 11 is 0. The predicted octanol–water partition coefficient (Wildman–Crippen LogP) is -0.442. The van der Waals surface area contributed by atoms with E-state index in [9.17, 15) is 4.79 Å². The average Bonchev–Trinajstić information content (AvgIpc) is 2.64. The van der Waals surface area contributed by atoms with Crippen molar-refractivity contribution in [3.05, 3.63) is 17.5 Å². The summed E-state index contributed by atoms with van der Waals surface area (Å²) in [6.07, 6.45) is 0.878. The average molecular weight is 194 g/mol. The largest absolute Gasteiger partial charge is 0.346 e. The molecule has 1 heterocycles. The van der Waals surface area contributed by atoms with Gasteiger partial charge in [-0.05, 0) is 19.4 Å². The Morgan fingerprint density at radius 3 is 2.86 bits per heavy atom. The number of aromatic nitrogens is 2. The zero-order chi connectivity index (χ0) is 10.3. The molecule has 0 bridgehead atoms. The van der Waals surface area contributed by atoms with Gasteiger partial charge in [-0.25, -0.2) is 0 Å². The number of carbonyl (C=O) groups is 1. The van der Waals surface area contributed by atoms with E-state index < -0.39 is 0 Å². The molecule has 1 aliphatic carbocycles. The molecule has 1 saturated carbocycles. The summed E-state index contributed by atoms with van der Waals surface area (Å²) in [6, 6.07) is 2.05. The lowest BCUT2D eigenvalue weighted by Crippen LogP contribution is -2.31. The lowest BCUT2D eigenvalue weighted by Gasteiger charge is -2.02. The van der Waals surface area contributed by atoms with Crippen molar-refractivity contribution in [1.29, 1.82) is 0 Å². The number of aryl methyl sites for hydroxylation is 2. The summed E-state index contributed by atoms with van der Waals surface area (Å²) in [6.45, 7) is 1.86. The van der Waals surface area contributed by atoms with E-state index in [1.54, 1.807) is 17.8 Å². The normalized spacial score (nSPS) is 24.8. The highest BCUT2D eigenvalue weighted by Crippen LogP contribution is 2.18. The fourth-order valence-electron chi connectivity index (χ4n) is 1.45. The van der Waals surface area contributed by atoms with Crippen LogP contribution in [0.1, 0.15) is 22.6 Å². The molecule has 76 valence electrons. The Hall–Kier alpha value is -1.36. The van der Waals surface area contributed by atoms with E-state index in [4.69, 9.17) is 5.73 Å². The Balaban J connectivity index is 2.07. The molecule has 0 spiro atoms. The van der Waals surface area contributed by atoms with Crippen LogP contribution in [0.15, 0.2) is 6.07 Å². The number of nitrogens with one attached hydrogen (secondary N) is 1. The number of hydrogen-bond acceptors (Lipinski definition) is 3. The molecule has 2 atom stereocenters. The van der Waals surface area contributed by atoms with E-state index in [1.165, 1.54) is 0 Å². The van der Waals surface area contributed by atoms with Crippen LogP contribution in [0.5, 0.6) is 0 Å². The van der Waals surface area contributed by atoms with Gasteiger partial charge in [-0.3, -0.25) is 9.48 Å². The third-order valence-electron chi connectivity index (χ3n) is 2.39. The Bertz CT molecular complexity index is 371. The Morgan fingerprint density at radius 2 is 2.43 bits per heavy atom. The zero-order valence-corrected chi connectivity index (χ0v) is 8.32. The Labute approximate surface area is 82.3 Å². The van der Waals surface area contributed by atoms with E-state index in [0.717, 1.165) is 12.1 Å². The van der Waals surface area contributed by atoms with Gasteiger partial charge in [0, 0.05) is 19.1 Å². The number of hydrogen-bond donors (Lipinski definition) is 2. The second kappa shape index (κ2) is 3.09. The molecule has 2 rings (SSSR count). The second-order valence-electron chi connectivity index (χ2n) is 3.77. The van der Waals surface area contributed by atoms with Crippen molar-refractivity contribution in [2.75, 3.05) is 0 Å². The van der Waals surface area contributed by atoms with Crippen LogP contribution >= 0.6 is 0 Å². The summed E-state index contributed by atoms with van der Waals surface area (Å²) in [4.78, 5) is 11.6. The second-order valence-corrected chi connectivity index (χ2v) is 3.77. The van der Waals surface area contributed by atoms with E-state index in [-0.39, 0.29) is 18.0 Å². The first kappa shape index (κ1) is 9.21. The Kier molecular flexibility index (Phi) is 2.03. The monoisotopic (exact) mass is 194 g/mol. The minimum Gasteiger partial charge on any atom is -0.346 e. The molecule has 14 heavy (non-hydrogen) atoms. The lowest BCUT2D eigenvalue weighted by atomic mass is 10.3. The zero-order valence-electron chi connectivity index (χ0n) is 8.32. The third kappa shape index (κ3) is 1.63. The quantitative estimate of drug-likeness (QED) is 0.670. The Morgan fingerprint density at radius 1 is 1.79 bits per heavy atom. The first-order chi connectivity index (χ1) is 6.58. The van der Waals surface area contributed by atoms with Gasteiger partial charge in [0.2, 0.25) is 0 Å². The van der Waals surface area contributed by atoms with Crippen molar-refractivity contribution in [2.45, 2.75) is 25.4 Å². The highest BCUT2D eigenvalue weighted by molar-refractivity contribution is 5.93. The van der Waals surface area contributed by atoms with Crippen LogP contribution in [0.25, 0.3) is 0 Å². The number of nitrogens with zero attached hydrogens (tertiary/aromatic N) is 2. The van der Waals surface area contributed by atoms with Gasteiger partial charge in [-0.15, -0.1) is 0 Å². The molecule has 2 unspecified atom stereocenters. The molecule has 1 amide bonds. The topological polar surface area (TPSA) is 72.9 Å². The van der Waals surface area contributed by atoms with Crippen molar-refractivity contribution in [3.8, 4) is 0 Å². The fraction of sp³-hybridized carbons (Fsp3) is 0.556. The number of rotatable bonds is 2. The standard InChI is InChI=1S/C9H14N4O/c1-5-3-8(13(2)12-5)9(14)11-7-4-6(7)10/h3,6-7H,4,10H2,1-2H3,(H,11,14). The van der Waals surface area contributed by atoms with Crippen LogP contribution in [-0.2, 0) is 7.05 Å². The maximum atomic E-state index is 11.6. The number of carbonyl (C=O) groups excluding carboxylic acids is 1. The van der Waals surface area contributed by atoms with Gasteiger partial charge in [0.05, 0.1) is 5.69 Å². The molecule has 1 aliphatic rings. The van der Waals surface area contributed by atoms with Crippen LogP contribution < -0.4 is 11.1 Å². The fourth-order valence-corrected chi connectivity index (χ4v) is 1.45. The molecule has 5 heteroatoms. The highest BCUT2D eigenvalue weighted by Gasteiger charge is 2.35. The summed E-state index contributed by atoms with van der Waals surface area (Å²) in [5, 5.41) is 6.95. The van der Waals surface area contributed by atoms with Gasteiger partial charge < -0.3 is 11.1 Å². The lowest BCUT2D eigenvalue weighted by molar-refractivity contribution is 0.0941. The summed E-state index contributed by atoms with van der Waals surface area (Å²) in [5.41, 5.74) is 7.03. The van der Waals surface area contributed by atoms with Gasteiger partial charge >= 0.3 is 0 Å². The van der Waals surface area contributed by atoms with Crippen LogP contribution in [0.3, 0.4) is 0 Å². The van der Waals surface area contributed by atoms with Gasteiger partial charge in [-0.1, -0.05) is 0 Å². The summed E-state index contributed by atoms with van der Waals surface area (Å²) in [7, 11) is 1.76. The van der Waals surface area contributed by atoms with Crippen molar-refractivity contribution in [3.63, 3.8) is 0 Å². The number of amides is 1. The smallest absolute Gasteiger partial charge is 0.269 e. The molecule has 0 aliphatic heterocycles. The molecular weight excluding hydrogens is 180 g/mol. The van der Waals surface area contributed by atoms with Crippen LogP contribution in [0.4, 0.5) is 0 Å². The maximum absolute atomic E-state index is 11.6. The van der Waals surface area contributed by atoms with Gasteiger partial charge in [0.25, 0.3) is 5.91 Å². The van der Waals surface area contributed by atoms with Crippen molar-refractivity contribution in [2.24, 2.45) is 12.8 Å². The maximum Gasteiger partial charge on any atom is 0.269 e.